The standard InChI is InChI=1S/C15H25N3O2/c1-12(10-15(2,3)20-5)17-14(19)18(4)11-13-6-8-16-9-7-13/h6-9,12H,10-11H2,1-5H3,(H,17,19)/t12-/m0/s1. The molecule has 0 aliphatic heterocycles. The van der Waals surface area contributed by atoms with Gasteiger partial charge in [0.1, 0.15) is 0 Å². The second-order valence-corrected chi connectivity index (χ2v) is 5.73. The zero-order valence-electron chi connectivity index (χ0n) is 13.0. The van der Waals surface area contributed by atoms with Gasteiger partial charge in [-0.25, -0.2) is 4.79 Å². The average Bonchev–Trinajstić information content (AvgIpc) is 2.39. The number of nitrogens with zero attached hydrogens (tertiary/aromatic N) is 2. The van der Waals surface area contributed by atoms with Gasteiger partial charge in [0, 0.05) is 39.1 Å². The highest BCUT2D eigenvalue weighted by atomic mass is 16.5. The van der Waals surface area contributed by atoms with Crippen molar-refractivity contribution in [2.75, 3.05) is 14.2 Å². The highest BCUT2D eigenvalue weighted by Gasteiger charge is 2.22. The number of rotatable bonds is 6. The summed E-state index contributed by atoms with van der Waals surface area (Å²) >= 11 is 0. The van der Waals surface area contributed by atoms with Crippen molar-refractivity contribution in [3.63, 3.8) is 0 Å². The molecule has 2 amide bonds. The second-order valence-electron chi connectivity index (χ2n) is 5.73. The fraction of sp³-hybridized carbons (Fsp3) is 0.600. The SMILES string of the molecule is COC(C)(C)C[C@H](C)NC(=O)N(C)Cc1ccncc1. The fourth-order valence-electron chi connectivity index (χ4n) is 2.03. The summed E-state index contributed by atoms with van der Waals surface area (Å²) in [5.74, 6) is 0. The average molecular weight is 279 g/mol. The van der Waals surface area contributed by atoms with Crippen LogP contribution < -0.4 is 5.32 Å². The first-order valence-corrected chi connectivity index (χ1v) is 6.80. The molecule has 1 heterocycles. The monoisotopic (exact) mass is 279 g/mol. The van der Waals surface area contributed by atoms with E-state index in [-0.39, 0.29) is 17.7 Å². The van der Waals surface area contributed by atoms with E-state index < -0.39 is 0 Å². The molecule has 1 aromatic rings. The number of carbonyl (C=O) groups is 1. The van der Waals surface area contributed by atoms with E-state index >= 15 is 0 Å². The molecule has 20 heavy (non-hydrogen) atoms. The summed E-state index contributed by atoms with van der Waals surface area (Å²) in [5, 5.41) is 2.98. The summed E-state index contributed by atoms with van der Waals surface area (Å²) in [6.07, 6.45) is 4.22. The van der Waals surface area contributed by atoms with Gasteiger partial charge in [0.25, 0.3) is 0 Å². The Morgan fingerprint density at radius 1 is 1.45 bits per heavy atom. The molecular weight excluding hydrogens is 254 g/mol. The van der Waals surface area contributed by atoms with E-state index in [1.165, 1.54) is 0 Å². The minimum absolute atomic E-state index is 0.0531. The van der Waals surface area contributed by atoms with Crippen molar-refractivity contribution in [2.45, 2.75) is 45.4 Å². The lowest BCUT2D eigenvalue weighted by Gasteiger charge is -2.28. The quantitative estimate of drug-likeness (QED) is 0.870. The third-order valence-electron chi connectivity index (χ3n) is 3.24. The molecule has 0 fully saturated rings. The molecule has 5 nitrogen and oxygen atoms in total. The molecule has 1 atom stereocenters. The Bertz CT molecular complexity index is 420. The zero-order chi connectivity index (χ0) is 15.2. The van der Waals surface area contributed by atoms with Gasteiger partial charge in [0.15, 0.2) is 0 Å². The summed E-state index contributed by atoms with van der Waals surface area (Å²) in [4.78, 5) is 17.7. The van der Waals surface area contributed by atoms with E-state index in [1.54, 1.807) is 31.5 Å². The Labute approximate surface area is 121 Å². The van der Waals surface area contributed by atoms with Crippen LogP contribution in [0.1, 0.15) is 32.8 Å². The van der Waals surface area contributed by atoms with E-state index in [4.69, 9.17) is 4.74 Å². The van der Waals surface area contributed by atoms with Gasteiger partial charge in [-0.1, -0.05) is 0 Å². The van der Waals surface area contributed by atoms with E-state index in [1.807, 2.05) is 32.9 Å². The Kier molecular flexibility index (Phi) is 5.95. The van der Waals surface area contributed by atoms with Gasteiger partial charge in [-0.15, -0.1) is 0 Å². The second kappa shape index (κ2) is 7.24. The van der Waals surface area contributed by atoms with E-state index in [0.29, 0.717) is 6.54 Å². The van der Waals surface area contributed by atoms with Gasteiger partial charge in [0.05, 0.1) is 5.60 Å². The number of amides is 2. The van der Waals surface area contributed by atoms with Crippen LogP contribution in [0.15, 0.2) is 24.5 Å². The van der Waals surface area contributed by atoms with E-state index in [2.05, 4.69) is 10.3 Å². The van der Waals surface area contributed by atoms with Crippen LogP contribution in [-0.2, 0) is 11.3 Å². The first kappa shape index (κ1) is 16.4. The van der Waals surface area contributed by atoms with Crippen LogP contribution in [0.3, 0.4) is 0 Å². The lowest BCUT2D eigenvalue weighted by molar-refractivity contribution is 0.00919. The maximum atomic E-state index is 12.1. The van der Waals surface area contributed by atoms with Crippen LogP contribution in [0, 0.1) is 0 Å². The van der Waals surface area contributed by atoms with Crippen molar-refractivity contribution in [1.29, 1.82) is 0 Å². The molecule has 1 aromatic heterocycles. The molecule has 5 heteroatoms. The van der Waals surface area contributed by atoms with Crippen molar-refractivity contribution >= 4 is 6.03 Å². The number of carbonyl (C=O) groups excluding carboxylic acids is 1. The summed E-state index contributed by atoms with van der Waals surface area (Å²) in [7, 11) is 3.47. The predicted octanol–water partition coefficient (Wildman–Crippen LogP) is 2.43. The number of urea groups is 1. The van der Waals surface area contributed by atoms with Gasteiger partial charge >= 0.3 is 6.03 Å². The lowest BCUT2D eigenvalue weighted by atomic mass is 10.00. The number of aromatic nitrogens is 1. The lowest BCUT2D eigenvalue weighted by Crippen LogP contribution is -2.44. The van der Waals surface area contributed by atoms with Crippen LogP contribution in [-0.4, -0.2) is 41.7 Å². The molecule has 1 rings (SSSR count). The Hall–Kier alpha value is -1.62. The zero-order valence-corrected chi connectivity index (χ0v) is 13.0. The molecule has 1 N–H and O–H groups in total. The molecule has 0 aromatic carbocycles. The van der Waals surface area contributed by atoms with Gasteiger partial charge in [-0.2, -0.15) is 0 Å². The summed E-state index contributed by atoms with van der Waals surface area (Å²) in [5.41, 5.74) is 0.818. The first-order valence-electron chi connectivity index (χ1n) is 6.80. The van der Waals surface area contributed by atoms with Gasteiger partial charge in [-0.3, -0.25) is 4.98 Å². The molecule has 0 aliphatic carbocycles. The third kappa shape index (κ3) is 5.57. The number of methoxy groups -OCH3 is 1. The molecule has 0 saturated heterocycles. The number of pyridine rings is 1. The van der Waals surface area contributed by atoms with Crippen molar-refractivity contribution in [1.82, 2.24) is 15.2 Å². The largest absolute Gasteiger partial charge is 0.379 e. The molecule has 0 aliphatic rings. The summed E-state index contributed by atoms with van der Waals surface area (Å²) in [6, 6.07) is 3.78. The van der Waals surface area contributed by atoms with Gasteiger partial charge < -0.3 is 15.0 Å². The Balaban J connectivity index is 2.45. The number of ether oxygens (including phenoxy) is 1. The van der Waals surface area contributed by atoms with Crippen LogP contribution in [0.25, 0.3) is 0 Å². The van der Waals surface area contributed by atoms with Gasteiger partial charge in [0.2, 0.25) is 0 Å². The van der Waals surface area contributed by atoms with Crippen LogP contribution in [0.5, 0.6) is 0 Å². The Morgan fingerprint density at radius 2 is 2.05 bits per heavy atom. The van der Waals surface area contributed by atoms with Crippen molar-refractivity contribution in [2.24, 2.45) is 0 Å². The normalized spacial score (nSPS) is 12.8. The maximum absolute atomic E-state index is 12.1. The van der Waals surface area contributed by atoms with Gasteiger partial charge in [-0.05, 0) is 44.9 Å². The van der Waals surface area contributed by atoms with E-state index in [0.717, 1.165) is 12.0 Å². The smallest absolute Gasteiger partial charge is 0.317 e. The first-order chi connectivity index (χ1) is 9.34. The molecule has 0 spiro atoms. The molecule has 112 valence electrons. The summed E-state index contributed by atoms with van der Waals surface area (Å²) in [6.45, 7) is 6.57. The number of hydrogen-bond acceptors (Lipinski definition) is 3. The molecular formula is C15H25N3O2. The van der Waals surface area contributed by atoms with Crippen molar-refractivity contribution < 1.29 is 9.53 Å². The molecule has 0 unspecified atom stereocenters. The highest BCUT2D eigenvalue weighted by molar-refractivity contribution is 5.74. The maximum Gasteiger partial charge on any atom is 0.317 e. The predicted molar refractivity (Wildman–Crippen MR) is 79.4 cm³/mol. The summed E-state index contributed by atoms with van der Waals surface area (Å²) < 4.78 is 5.37. The fourth-order valence-corrected chi connectivity index (χ4v) is 2.03. The number of hydrogen-bond donors (Lipinski definition) is 1. The van der Waals surface area contributed by atoms with Crippen LogP contribution in [0.4, 0.5) is 4.79 Å². The topological polar surface area (TPSA) is 54.5 Å². The highest BCUT2D eigenvalue weighted by Crippen LogP contribution is 2.15. The van der Waals surface area contributed by atoms with Crippen molar-refractivity contribution in [3.8, 4) is 0 Å². The Morgan fingerprint density at radius 3 is 2.60 bits per heavy atom. The minimum Gasteiger partial charge on any atom is -0.379 e. The van der Waals surface area contributed by atoms with Crippen LogP contribution in [0.2, 0.25) is 0 Å². The van der Waals surface area contributed by atoms with Crippen LogP contribution >= 0.6 is 0 Å². The van der Waals surface area contributed by atoms with Crippen molar-refractivity contribution in [3.05, 3.63) is 30.1 Å². The molecule has 0 radical (unpaired) electrons. The van der Waals surface area contributed by atoms with E-state index in [9.17, 15) is 4.79 Å². The molecule has 0 bridgehead atoms. The third-order valence-corrected chi connectivity index (χ3v) is 3.24. The number of nitrogens with one attached hydrogen (secondary N) is 1. The molecule has 0 saturated carbocycles. The minimum atomic E-state index is -0.240.